The maximum atomic E-state index is 12.5. The number of nitrogens with zero attached hydrogens (tertiary/aromatic N) is 1. The predicted octanol–water partition coefficient (Wildman–Crippen LogP) is 3.85. The van der Waals surface area contributed by atoms with Crippen molar-refractivity contribution >= 4 is 23.3 Å². The van der Waals surface area contributed by atoms with Crippen LogP contribution in [-0.4, -0.2) is 67.7 Å². The molecule has 2 saturated heterocycles. The van der Waals surface area contributed by atoms with Crippen molar-refractivity contribution < 1.29 is 38.8 Å². The fraction of sp³-hybridized carbons (Fsp3) is 0.281. The average molecular weight is 560 g/mol. The molecule has 3 aromatic carbocycles. The molecule has 2 fully saturated rings. The number of rotatable bonds is 10. The largest absolute Gasteiger partial charge is 0.493 e. The number of ketones is 1. The third kappa shape index (κ3) is 7.00. The Hall–Kier alpha value is -4.47. The number of ether oxygens (including phenoxy) is 4. The molecule has 0 amide bonds. The molecule has 41 heavy (non-hydrogen) atoms. The van der Waals surface area contributed by atoms with Gasteiger partial charge in [0.05, 0.1) is 13.7 Å². The van der Waals surface area contributed by atoms with Crippen LogP contribution in [0.25, 0.3) is 5.57 Å². The maximum absolute atomic E-state index is 12.5. The first-order valence-corrected chi connectivity index (χ1v) is 13.4. The second-order valence-corrected chi connectivity index (χ2v) is 9.63. The fourth-order valence-corrected chi connectivity index (χ4v) is 5.05. The van der Waals surface area contributed by atoms with E-state index in [1.807, 2.05) is 0 Å². The topological polar surface area (TPSA) is 123 Å². The van der Waals surface area contributed by atoms with Gasteiger partial charge >= 0.3 is 18.2 Å². The summed E-state index contributed by atoms with van der Waals surface area (Å²) in [5.41, 5.74) is 5.54. The van der Waals surface area contributed by atoms with E-state index < -0.39 is 24.0 Å². The third-order valence-electron chi connectivity index (χ3n) is 7.07. The van der Waals surface area contributed by atoms with Crippen LogP contribution in [0.5, 0.6) is 11.5 Å². The molecule has 2 aliphatic rings. The minimum atomic E-state index is -1.58. The molecule has 0 saturated carbocycles. The molecule has 0 bridgehead atoms. The molecule has 9 nitrogen and oxygen atoms in total. The van der Waals surface area contributed by atoms with Gasteiger partial charge in [-0.2, -0.15) is 0 Å². The monoisotopic (exact) mass is 559 g/mol. The van der Waals surface area contributed by atoms with Gasteiger partial charge in [0.15, 0.2) is 11.5 Å². The molecular formula is C32H33NO8. The van der Waals surface area contributed by atoms with E-state index in [-0.39, 0.29) is 11.0 Å². The van der Waals surface area contributed by atoms with Crippen LogP contribution in [0.3, 0.4) is 0 Å². The van der Waals surface area contributed by atoms with Gasteiger partial charge in [0.2, 0.25) is 5.78 Å². The van der Waals surface area contributed by atoms with Gasteiger partial charge < -0.3 is 29.3 Å². The van der Waals surface area contributed by atoms with Crippen LogP contribution in [0.15, 0.2) is 84.4 Å². The van der Waals surface area contributed by atoms with Crippen molar-refractivity contribution in [1.82, 2.24) is 4.90 Å². The van der Waals surface area contributed by atoms with Crippen LogP contribution >= 0.6 is 0 Å². The van der Waals surface area contributed by atoms with Crippen LogP contribution in [0, 0.1) is 0 Å². The molecule has 0 spiro atoms. The molecule has 2 aliphatic heterocycles. The molecule has 0 aromatic heterocycles. The van der Waals surface area contributed by atoms with Gasteiger partial charge in [-0.1, -0.05) is 66.2 Å². The summed E-state index contributed by atoms with van der Waals surface area (Å²) in [5, 5.41) is 0. The van der Waals surface area contributed by atoms with Crippen LogP contribution in [0.2, 0.25) is 0 Å². The fourth-order valence-electron chi connectivity index (χ4n) is 5.05. The lowest BCUT2D eigenvalue weighted by Crippen LogP contribution is -2.32. The van der Waals surface area contributed by atoms with Crippen molar-refractivity contribution in [3.8, 4) is 11.5 Å². The average Bonchev–Trinajstić information content (AvgIpc) is 3.34. The summed E-state index contributed by atoms with van der Waals surface area (Å²) < 4.78 is 20.6. The van der Waals surface area contributed by atoms with Crippen LogP contribution in [0.1, 0.15) is 40.7 Å². The molecule has 2 N–H and O–H groups in total. The minimum Gasteiger partial charge on any atom is -0.493 e. The summed E-state index contributed by atoms with van der Waals surface area (Å²) in [5.74, 6) is -2.15. The van der Waals surface area contributed by atoms with E-state index in [9.17, 15) is 14.4 Å². The third-order valence-corrected chi connectivity index (χ3v) is 7.07. The highest BCUT2D eigenvalue weighted by molar-refractivity contribution is 6.32. The summed E-state index contributed by atoms with van der Waals surface area (Å²) in [4.78, 5) is 37.4. The van der Waals surface area contributed by atoms with Gasteiger partial charge in [-0.05, 0) is 54.2 Å². The van der Waals surface area contributed by atoms with E-state index in [0.717, 1.165) is 38.9 Å². The molecule has 5 rings (SSSR count). The molecule has 0 radical (unpaired) electrons. The number of methoxy groups -OCH3 is 1. The zero-order chi connectivity index (χ0) is 27.9. The lowest BCUT2D eigenvalue weighted by atomic mass is 9.88. The summed E-state index contributed by atoms with van der Waals surface area (Å²) >= 11 is 0. The molecule has 2 heterocycles. The number of hydrogen-bond donors (Lipinski definition) is 0. The van der Waals surface area contributed by atoms with E-state index in [0.29, 0.717) is 18.1 Å². The van der Waals surface area contributed by atoms with E-state index >= 15 is 0 Å². The Morgan fingerprint density at radius 1 is 0.829 bits per heavy atom. The minimum absolute atomic E-state index is 0. The highest BCUT2D eigenvalue weighted by atomic mass is 16.8. The van der Waals surface area contributed by atoms with Crippen molar-refractivity contribution in [2.24, 2.45) is 0 Å². The maximum Gasteiger partial charge on any atom is 0.421 e. The molecule has 0 aliphatic carbocycles. The first-order valence-electron chi connectivity index (χ1n) is 13.4. The first kappa shape index (κ1) is 29.5. The zero-order valence-corrected chi connectivity index (χ0v) is 22.8. The quantitative estimate of drug-likeness (QED) is 0.159. The van der Waals surface area contributed by atoms with Crippen LogP contribution < -0.4 is 9.47 Å². The molecule has 214 valence electrons. The summed E-state index contributed by atoms with van der Waals surface area (Å²) in [7, 11) is 1.48. The molecule has 3 aromatic rings. The second kappa shape index (κ2) is 13.7. The Morgan fingerprint density at radius 2 is 1.41 bits per heavy atom. The number of carbonyl (C=O) groups is 3. The van der Waals surface area contributed by atoms with Crippen molar-refractivity contribution in [2.75, 3.05) is 33.4 Å². The van der Waals surface area contributed by atoms with Crippen molar-refractivity contribution in [3.63, 3.8) is 0 Å². The van der Waals surface area contributed by atoms with E-state index in [2.05, 4.69) is 75.0 Å². The van der Waals surface area contributed by atoms with Gasteiger partial charge in [-0.3, -0.25) is 4.79 Å². The van der Waals surface area contributed by atoms with Gasteiger partial charge in [0, 0.05) is 25.2 Å². The predicted molar refractivity (Wildman–Crippen MR) is 152 cm³/mol. The first-order chi connectivity index (χ1) is 19.5. The lowest BCUT2D eigenvalue weighted by molar-refractivity contribution is -0.150. The number of Topliss-reactive ketones (excluding diaryl/α,β-unsaturated/α-hetero) is 1. The normalized spacial score (nSPS) is 15.5. The van der Waals surface area contributed by atoms with Crippen molar-refractivity contribution in [3.05, 3.63) is 101 Å². The number of benzene rings is 3. The Kier molecular flexibility index (Phi) is 9.89. The summed E-state index contributed by atoms with van der Waals surface area (Å²) in [6, 6.07) is 25.9. The SMILES string of the molecule is COc1cc(C(=O)C2OC(=O)C(=O)O2)ccc1OCCCN1CCC(=C(c2ccccc2)c2ccccc2)CC1.O. The van der Waals surface area contributed by atoms with Gasteiger partial charge in [-0.25, -0.2) is 9.59 Å². The van der Waals surface area contributed by atoms with Crippen molar-refractivity contribution in [2.45, 2.75) is 25.6 Å². The molecule has 0 atom stereocenters. The number of carbonyl (C=O) groups excluding carboxylic acids is 3. The highest BCUT2D eigenvalue weighted by Crippen LogP contribution is 2.33. The van der Waals surface area contributed by atoms with E-state index in [1.54, 1.807) is 6.07 Å². The van der Waals surface area contributed by atoms with Crippen LogP contribution in [0.4, 0.5) is 0 Å². The Labute approximate surface area is 238 Å². The van der Waals surface area contributed by atoms with Gasteiger partial charge in [0.1, 0.15) is 0 Å². The number of esters is 2. The number of cyclic esters (lactones) is 2. The highest BCUT2D eigenvalue weighted by Gasteiger charge is 2.39. The summed E-state index contributed by atoms with van der Waals surface area (Å²) in [6.07, 6.45) is 1.30. The Balaban J connectivity index is 0.00000387. The zero-order valence-electron chi connectivity index (χ0n) is 22.8. The van der Waals surface area contributed by atoms with Gasteiger partial charge in [-0.15, -0.1) is 0 Å². The Morgan fingerprint density at radius 3 is 1.98 bits per heavy atom. The molecule has 0 unspecified atom stereocenters. The standard InChI is InChI=1S/C32H31NO7.H2O/c1-37-27-21-25(29(34)32-39-30(35)31(36)40-32)13-14-26(27)38-20-8-17-33-18-15-24(16-19-33)28(22-9-4-2-5-10-22)23-11-6-3-7-12-23;/h2-7,9-14,21,32H,8,15-20H2,1H3;1H2. The van der Waals surface area contributed by atoms with Crippen LogP contribution in [-0.2, 0) is 19.1 Å². The van der Waals surface area contributed by atoms with E-state index in [1.165, 1.54) is 41.5 Å². The smallest absolute Gasteiger partial charge is 0.421 e. The lowest BCUT2D eigenvalue weighted by Gasteiger charge is -2.30. The second-order valence-electron chi connectivity index (χ2n) is 9.63. The van der Waals surface area contributed by atoms with E-state index in [4.69, 9.17) is 9.47 Å². The summed E-state index contributed by atoms with van der Waals surface area (Å²) in [6.45, 7) is 3.39. The number of piperidine rings is 1. The number of hydrogen-bond acceptors (Lipinski definition) is 8. The van der Waals surface area contributed by atoms with Gasteiger partial charge in [0.25, 0.3) is 0 Å². The molecular weight excluding hydrogens is 526 g/mol. The van der Waals surface area contributed by atoms with Crippen molar-refractivity contribution in [1.29, 1.82) is 0 Å². The Bertz CT molecular complexity index is 1340. The molecule has 9 heteroatoms. The number of likely N-dealkylation sites (tertiary alicyclic amines) is 1.